The topological polar surface area (TPSA) is 23.9 Å². The second kappa shape index (κ2) is 3.56. The summed E-state index contributed by atoms with van der Waals surface area (Å²) in [6, 6.07) is 9.92. The second-order valence-corrected chi connectivity index (χ2v) is 3.85. The first-order chi connectivity index (χ1) is 6.05. The van der Waals surface area contributed by atoms with Gasteiger partial charge in [-0.1, -0.05) is 18.2 Å². The molecule has 68 valence electrons. The summed E-state index contributed by atoms with van der Waals surface area (Å²) in [7, 11) is 6.09. The Hall–Kier alpha value is -1.37. The minimum Gasteiger partial charge on any atom is -0.290 e. The Morgan fingerprint density at radius 3 is 2.08 bits per heavy atom. The first kappa shape index (κ1) is 9.72. The Labute approximate surface area is 79.2 Å². The van der Waals surface area contributed by atoms with Crippen LogP contribution in [0, 0.1) is 5.41 Å². The summed E-state index contributed by atoms with van der Waals surface area (Å²) < 4.78 is 0.619. The van der Waals surface area contributed by atoms with Gasteiger partial charge in [0.15, 0.2) is 0 Å². The molecule has 0 aliphatic carbocycles. The maximum Gasteiger partial charge on any atom is 0.201 e. The summed E-state index contributed by atoms with van der Waals surface area (Å²) in [4.78, 5) is 0. The number of hydrogen-bond donors (Lipinski definition) is 1. The summed E-state index contributed by atoms with van der Waals surface area (Å²) in [5, 5.41) is 7.25. The third-order valence-corrected chi connectivity index (χ3v) is 1.84. The molecule has 0 spiro atoms. The molecule has 0 saturated carbocycles. The van der Waals surface area contributed by atoms with Crippen molar-refractivity contribution in [2.75, 3.05) is 21.1 Å². The fraction of sp³-hybridized carbons (Fsp3) is 0.273. The molecular weight excluding hydrogens is 160 g/mol. The molecule has 1 N–H and O–H groups in total. The van der Waals surface area contributed by atoms with Gasteiger partial charge in [-0.05, 0) is 12.1 Å². The van der Waals surface area contributed by atoms with Gasteiger partial charge in [-0.25, -0.2) is 0 Å². The zero-order valence-corrected chi connectivity index (χ0v) is 8.33. The Morgan fingerprint density at radius 2 is 1.69 bits per heavy atom. The molecule has 0 aromatic heterocycles. The van der Waals surface area contributed by atoms with Gasteiger partial charge in [0.2, 0.25) is 5.70 Å². The van der Waals surface area contributed by atoms with E-state index in [1.807, 2.05) is 51.5 Å². The first-order valence-corrected chi connectivity index (χ1v) is 4.23. The van der Waals surface area contributed by atoms with Crippen LogP contribution in [-0.2, 0) is 0 Å². The van der Waals surface area contributed by atoms with Crippen LogP contribution in [0.1, 0.15) is 5.56 Å². The molecule has 0 aliphatic heterocycles. The average Bonchev–Trinajstić information content (AvgIpc) is 2.05. The van der Waals surface area contributed by atoms with Gasteiger partial charge in [0.1, 0.15) is 0 Å². The fourth-order valence-corrected chi connectivity index (χ4v) is 1.22. The highest BCUT2D eigenvalue weighted by atomic mass is 15.3. The molecule has 2 nitrogen and oxygen atoms in total. The van der Waals surface area contributed by atoms with Gasteiger partial charge >= 0.3 is 0 Å². The molecule has 1 rings (SSSR count). The average molecular weight is 175 g/mol. The lowest BCUT2D eigenvalue weighted by atomic mass is 10.1. The largest absolute Gasteiger partial charge is 0.290 e. The quantitative estimate of drug-likeness (QED) is 0.525. The van der Waals surface area contributed by atoms with E-state index in [4.69, 9.17) is 5.41 Å². The van der Waals surface area contributed by atoms with Crippen LogP contribution < -0.4 is 0 Å². The van der Waals surface area contributed by atoms with Crippen molar-refractivity contribution in [3.05, 3.63) is 35.9 Å². The molecule has 0 amide bonds. The zero-order valence-electron chi connectivity index (χ0n) is 8.33. The number of nitrogens with one attached hydrogen (secondary N) is 1. The van der Waals surface area contributed by atoms with Gasteiger partial charge in [-0.15, -0.1) is 0 Å². The lowest BCUT2D eigenvalue weighted by molar-refractivity contribution is -0.795. The van der Waals surface area contributed by atoms with Gasteiger partial charge in [0.05, 0.1) is 21.1 Å². The van der Waals surface area contributed by atoms with Crippen LogP contribution in [0.25, 0.3) is 5.70 Å². The number of hydrogen-bond acceptors (Lipinski definition) is 1. The SMILES string of the molecule is C[N+](C)(C)C(=C=N)c1ccccc1. The van der Waals surface area contributed by atoms with Crippen LogP contribution >= 0.6 is 0 Å². The number of nitrogens with zero attached hydrogens (tertiary/aromatic N) is 1. The lowest BCUT2D eigenvalue weighted by Gasteiger charge is -2.24. The molecule has 0 unspecified atom stereocenters. The standard InChI is InChI=1S/C11H15N2/c1-13(2,3)11(9-12)10-7-5-4-6-8-10/h4-8,12H,1-3H3/q+1. The molecule has 1 aromatic rings. The van der Waals surface area contributed by atoms with E-state index in [0.29, 0.717) is 4.48 Å². The summed E-state index contributed by atoms with van der Waals surface area (Å²) in [6.45, 7) is 0. The normalized spacial score (nSPS) is 10.7. The van der Waals surface area contributed by atoms with E-state index in [1.165, 1.54) is 0 Å². The molecule has 0 bridgehead atoms. The van der Waals surface area contributed by atoms with E-state index >= 15 is 0 Å². The molecule has 1 aromatic carbocycles. The minimum atomic E-state index is 0.619. The predicted octanol–water partition coefficient (Wildman–Crippen LogP) is 1.98. The van der Waals surface area contributed by atoms with Crippen LogP contribution in [-0.4, -0.2) is 31.5 Å². The second-order valence-electron chi connectivity index (χ2n) is 3.85. The first-order valence-electron chi connectivity index (χ1n) is 4.23. The zero-order chi connectivity index (χ0) is 9.90. The van der Waals surface area contributed by atoms with E-state index in [-0.39, 0.29) is 0 Å². The summed E-state index contributed by atoms with van der Waals surface area (Å²) in [6.07, 6.45) is 0. The van der Waals surface area contributed by atoms with Crippen LogP contribution in [0.4, 0.5) is 0 Å². The lowest BCUT2D eigenvalue weighted by Crippen LogP contribution is -2.32. The Kier molecular flexibility index (Phi) is 2.66. The van der Waals surface area contributed by atoms with Crippen molar-refractivity contribution in [1.82, 2.24) is 0 Å². The predicted molar refractivity (Wildman–Crippen MR) is 55.6 cm³/mol. The Bertz CT molecular complexity index is 327. The summed E-state index contributed by atoms with van der Waals surface area (Å²) in [5.74, 6) is 2.50. The van der Waals surface area contributed by atoms with E-state index in [2.05, 4.69) is 5.87 Å². The van der Waals surface area contributed by atoms with Crippen LogP contribution in [0.3, 0.4) is 0 Å². The van der Waals surface area contributed by atoms with Gasteiger partial charge < -0.3 is 0 Å². The fourth-order valence-electron chi connectivity index (χ4n) is 1.22. The van der Waals surface area contributed by atoms with E-state index in [9.17, 15) is 0 Å². The highest BCUT2D eigenvalue weighted by Crippen LogP contribution is 2.17. The third kappa shape index (κ3) is 2.28. The van der Waals surface area contributed by atoms with E-state index < -0.39 is 0 Å². The smallest absolute Gasteiger partial charge is 0.201 e. The molecule has 0 aliphatic rings. The molecule has 0 radical (unpaired) electrons. The number of benzene rings is 1. The highest BCUT2D eigenvalue weighted by Gasteiger charge is 2.17. The van der Waals surface area contributed by atoms with Gasteiger partial charge in [-0.2, -0.15) is 0 Å². The molecule has 0 heterocycles. The molecule has 0 fully saturated rings. The van der Waals surface area contributed by atoms with Crippen molar-refractivity contribution in [2.45, 2.75) is 0 Å². The van der Waals surface area contributed by atoms with Gasteiger partial charge in [0.25, 0.3) is 0 Å². The summed E-state index contributed by atoms with van der Waals surface area (Å²) in [5.41, 5.74) is 1.95. The van der Waals surface area contributed by atoms with E-state index in [1.54, 1.807) is 0 Å². The summed E-state index contributed by atoms with van der Waals surface area (Å²) >= 11 is 0. The van der Waals surface area contributed by atoms with Crippen molar-refractivity contribution >= 4 is 11.6 Å². The van der Waals surface area contributed by atoms with Crippen molar-refractivity contribution in [2.24, 2.45) is 0 Å². The van der Waals surface area contributed by atoms with Crippen molar-refractivity contribution in [3.8, 4) is 0 Å². The molecule has 2 heteroatoms. The van der Waals surface area contributed by atoms with E-state index in [0.717, 1.165) is 11.3 Å². The third-order valence-electron chi connectivity index (χ3n) is 1.84. The van der Waals surface area contributed by atoms with Gasteiger partial charge in [-0.3, -0.25) is 9.89 Å². The van der Waals surface area contributed by atoms with Crippen LogP contribution in [0.15, 0.2) is 30.3 Å². The molecule has 0 atom stereocenters. The minimum absolute atomic E-state index is 0.619. The monoisotopic (exact) mass is 175 g/mol. The van der Waals surface area contributed by atoms with Crippen LogP contribution in [0.2, 0.25) is 0 Å². The van der Waals surface area contributed by atoms with Crippen LogP contribution in [0.5, 0.6) is 0 Å². The van der Waals surface area contributed by atoms with Gasteiger partial charge in [0, 0.05) is 11.4 Å². The number of quaternary nitrogens is 1. The van der Waals surface area contributed by atoms with Crippen molar-refractivity contribution in [3.63, 3.8) is 0 Å². The Morgan fingerprint density at radius 1 is 1.15 bits per heavy atom. The van der Waals surface area contributed by atoms with Crippen molar-refractivity contribution < 1.29 is 4.48 Å². The highest BCUT2D eigenvalue weighted by molar-refractivity contribution is 5.83. The number of rotatable bonds is 2. The molecular formula is C11H15N2+. The Balaban J connectivity index is 3.15. The molecule has 13 heavy (non-hydrogen) atoms. The molecule has 0 saturated heterocycles. The maximum atomic E-state index is 7.25. The van der Waals surface area contributed by atoms with Crippen molar-refractivity contribution in [1.29, 1.82) is 5.41 Å². The maximum absolute atomic E-state index is 7.25.